The predicted octanol–water partition coefficient (Wildman–Crippen LogP) is 5.23. The Hall–Kier alpha value is -3.56. The molecule has 1 aromatic heterocycles. The third-order valence-electron chi connectivity index (χ3n) is 10.3. The highest BCUT2D eigenvalue weighted by atomic mass is 35.5. The van der Waals surface area contributed by atoms with Crippen molar-refractivity contribution >= 4 is 29.0 Å². The Kier molecular flexibility index (Phi) is 9.09. The van der Waals surface area contributed by atoms with Crippen molar-refractivity contribution in [3.63, 3.8) is 0 Å². The number of carbonyl (C=O) groups is 1. The Morgan fingerprint density at radius 3 is 2.72 bits per heavy atom. The number of carbonyl (C=O) groups excluding carboxylic acids is 1. The van der Waals surface area contributed by atoms with Crippen molar-refractivity contribution in [2.24, 2.45) is 5.41 Å². The Bertz CT molecular complexity index is 1540. The summed E-state index contributed by atoms with van der Waals surface area (Å²) in [5, 5.41) is 0.0211. The molecule has 4 aliphatic rings. The summed E-state index contributed by atoms with van der Waals surface area (Å²) in [5.41, 5.74) is 0.703. The minimum atomic E-state index is -2.89. The monoisotopic (exact) mass is 657 g/mol. The summed E-state index contributed by atoms with van der Waals surface area (Å²) in [4.78, 5) is 33.4. The average Bonchev–Trinajstić information content (AvgIpc) is 3.61. The van der Waals surface area contributed by atoms with Gasteiger partial charge in [0, 0.05) is 44.2 Å². The molecule has 6 rings (SSSR count). The molecule has 0 N–H and O–H groups in total. The zero-order valence-corrected chi connectivity index (χ0v) is 26.8. The predicted molar refractivity (Wildman–Crippen MR) is 170 cm³/mol. The van der Waals surface area contributed by atoms with Crippen LogP contribution in [0.1, 0.15) is 43.4 Å². The van der Waals surface area contributed by atoms with Gasteiger partial charge in [0.05, 0.1) is 28.4 Å². The van der Waals surface area contributed by atoms with E-state index in [0.29, 0.717) is 69.1 Å². The van der Waals surface area contributed by atoms with Crippen LogP contribution in [0.5, 0.6) is 6.01 Å². The normalized spacial score (nSPS) is 26.1. The smallest absolute Gasteiger partial charge is 0.318 e. The van der Waals surface area contributed by atoms with Gasteiger partial charge in [-0.15, -0.1) is 0 Å². The number of aromatic nitrogens is 2. The van der Waals surface area contributed by atoms with Crippen molar-refractivity contribution in [1.82, 2.24) is 19.8 Å². The van der Waals surface area contributed by atoms with Crippen LogP contribution in [0.15, 0.2) is 30.9 Å². The van der Waals surface area contributed by atoms with Gasteiger partial charge in [-0.05, 0) is 63.9 Å². The summed E-state index contributed by atoms with van der Waals surface area (Å²) in [6.07, 6.45) is 3.94. The fourth-order valence-corrected chi connectivity index (χ4v) is 8.16. The van der Waals surface area contributed by atoms with Crippen molar-refractivity contribution < 1.29 is 22.7 Å². The van der Waals surface area contributed by atoms with E-state index in [1.807, 2.05) is 21.7 Å². The van der Waals surface area contributed by atoms with E-state index in [0.717, 1.165) is 18.5 Å². The largest absolute Gasteiger partial charge is 0.463 e. The maximum Gasteiger partial charge on any atom is 0.318 e. The number of hydrogen-bond acceptors (Lipinski definition) is 7. The second kappa shape index (κ2) is 12.9. The fraction of sp³-hybridized carbons (Fsp3) is 0.576. The van der Waals surface area contributed by atoms with Crippen molar-refractivity contribution in [1.29, 1.82) is 0 Å². The van der Waals surface area contributed by atoms with Crippen molar-refractivity contribution in [3.05, 3.63) is 64.4 Å². The molecule has 2 aromatic rings. The van der Waals surface area contributed by atoms with Crippen LogP contribution in [0.25, 0.3) is 4.85 Å². The number of halogens is 4. The summed E-state index contributed by atoms with van der Waals surface area (Å²) in [5.74, 6) is -3.03. The van der Waals surface area contributed by atoms with E-state index in [-0.39, 0.29) is 55.1 Å². The molecule has 246 valence electrons. The number of piperazine rings is 1. The molecule has 46 heavy (non-hydrogen) atoms. The minimum Gasteiger partial charge on any atom is -0.463 e. The molecule has 9 nitrogen and oxygen atoms in total. The van der Waals surface area contributed by atoms with Crippen LogP contribution in [-0.2, 0) is 17.8 Å². The van der Waals surface area contributed by atoms with E-state index < -0.39 is 17.2 Å². The molecule has 4 heterocycles. The second-order valence-electron chi connectivity index (χ2n) is 12.8. The first kappa shape index (κ1) is 32.4. The lowest BCUT2D eigenvalue weighted by Gasteiger charge is -2.43. The van der Waals surface area contributed by atoms with E-state index in [9.17, 15) is 9.18 Å². The summed E-state index contributed by atoms with van der Waals surface area (Å²) in [7, 11) is 1.91. The first-order chi connectivity index (χ1) is 22.1. The molecule has 13 heteroatoms. The number of ether oxygens (including phenoxy) is 1. The van der Waals surface area contributed by atoms with E-state index >= 15 is 8.78 Å². The molecule has 0 radical (unpaired) electrons. The fourth-order valence-electron chi connectivity index (χ4n) is 7.92. The van der Waals surface area contributed by atoms with Gasteiger partial charge in [0.25, 0.3) is 5.92 Å². The van der Waals surface area contributed by atoms with Crippen LogP contribution in [0.4, 0.5) is 24.7 Å². The molecule has 1 aliphatic carbocycles. The molecule has 0 bridgehead atoms. The zero-order valence-electron chi connectivity index (χ0n) is 26.0. The van der Waals surface area contributed by atoms with Crippen LogP contribution in [0.2, 0.25) is 5.02 Å². The number of anilines is 2. The lowest BCUT2D eigenvalue weighted by molar-refractivity contribution is -0.145. The summed E-state index contributed by atoms with van der Waals surface area (Å²) in [6, 6.07) is 3.99. The van der Waals surface area contributed by atoms with E-state index in [1.165, 1.54) is 12.1 Å². The van der Waals surface area contributed by atoms with E-state index in [2.05, 4.69) is 11.4 Å². The average molecular weight is 658 g/mol. The molecule has 3 aliphatic heterocycles. The van der Waals surface area contributed by atoms with Crippen LogP contribution in [0.3, 0.4) is 0 Å². The highest BCUT2D eigenvalue weighted by molar-refractivity contribution is 6.33. The standard InChI is InChI=1S/C33H39ClF3N7O2/c1-4-28(45)44-17-16-43(19-22(44)18-38-2)30-23-11-15-42(26-9-5-8-24(35)29(26)34)20-25(23)39-31(40-30)46-21-32(12-7-13-33(32,36)37)27-10-6-14-41(27)3/h4-5,8-9,22,27H,1,6-7,10-21H2,3H3/t22-,27?,32?/m0/s1. The molecule has 0 spiro atoms. The van der Waals surface area contributed by atoms with Gasteiger partial charge >= 0.3 is 6.01 Å². The number of alkyl halides is 2. The highest BCUT2D eigenvalue weighted by Crippen LogP contribution is 2.55. The van der Waals surface area contributed by atoms with Gasteiger partial charge in [-0.3, -0.25) is 4.79 Å². The van der Waals surface area contributed by atoms with Gasteiger partial charge in [0.15, 0.2) is 0 Å². The van der Waals surface area contributed by atoms with Crippen molar-refractivity contribution in [2.75, 3.05) is 62.7 Å². The third kappa shape index (κ3) is 5.77. The Labute approximate surface area is 272 Å². The number of fused-ring (bicyclic) bond motifs is 1. The number of rotatable bonds is 8. The Morgan fingerprint density at radius 1 is 1.20 bits per heavy atom. The maximum absolute atomic E-state index is 15.7. The van der Waals surface area contributed by atoms with Crippen LogP contribution >= 0.6 is 11.6 Å². The number of likely N-dealkylation sites (tertiary alicyclic amines) is 1. The van der Waals surface area contributed by atoms with Gasteiger partial charge in [0.1, 0.15) is 24.3 Å². The van der Waals surface area contributed by atoms with Gasteiger partial charge in [-0.2, -0.15) is 9.97 Å². The SMILES string of the molecule is [C-]#[N+]C[C@H]1CN(c2nc(OCC3(C4CCCN4C)CCCC3(F)F)nc3c2CCN(c2cccc(F)c2Cl)C3)CCN1C(=O)C=C. The second-order valence-corrected chi connectivity index (χ2v) is 13.2. The Morgan fingerprint density at radius 2 is 2.02 bits per heavy atom. The number of amides is 1. The lowest BCUT2D eigenvalue weighted by Crippen LogP contribution is -2.56. The van der Waals surface area contributed by atoms with Gasteiger partial charge in [0.2, 0.25) is 12.5 Å². The molecule has 2 saturated heterocycles. The topological polar surface area (TPSA) is 69.4 Å². The lowest BCUT2D eigenvalue weighted by atomic mass is 9.75. The van der Waals surface area contributed by atoms with E-state index in [1.54, 1.807) is 17.0 Å². The molecule has 1 amide bonds. The number of nitrogens with zero attached hydrogens (tertiary/aromatic N) is 7. The van der Waals surface area contributed by atoms with Crippen molar-refractivity contribution in [3.8, 4) is 6.01 Å². The first-order valence-electron chi connectivity index (χ1n) is 15.9. The maximum atomic E-state index is 15.7. The number of hydrogen-bond donors (Lipinski definition) is 0. The molecule has 1 saturated carbocycles. The molecular weight excluding hydrogens is 619 g/mol. The first-order valence-corrected chi connectivity index (χ1v) is 16.3. The molecule has 3 atom stereocenters. The summed E-state index contributed by atoms with van der Waals surface area (Å²) in [6.45, 7) is 13.8. The molecule has 3 fully saturated rings. The Balaban J connectivity index is 1.35. The highest BCUT2D eigenvalue weighted by Gasteiger charge is 2.63. The van der Waals surface area contributed by atoms with Gasteiger partial charge in [-0.1, -0.05) is 24.2 Å². The number of benzene rings is 1. The summed E-state index contributed by atoms with van der Waals surface area (Å²) >= 11 is 6.35. The van der Waals surface area contributed by atoms with Gasteiger partial charge < -0.3 is 29.2 Å². The molecule has 2 unspecified atom stereocenters. The van der Waals surface area contributed by atoms with Crippen LogP contribution in [-0.4, -0.2) is 96.6 Å². The summed E-state index contributed by atoms with van der Waals surface area (Å²) < 4.78 is 52.1. The minimum absolute atomic E-state index is 0.00925. The van der Waals surface area contributed by atoms with E-state index in [4.69, 9.17) is 32.9 Å². The third-order valence-corrected chi connectivity index (χ3v) is 10.7. The molecular formula is C33H39ClF3N7O2. The van der Waals surface area contributed by atoms with Crippen LogP contribution < -0.4 is 14.5 Å². The molecule has 1 aromatic carbocycles. The van der Waals surface area contributed by atoms with Crippen molar-refractivity contribution in [2.45, 2.75) is 63.1 Å². The van der Waals surface area contributed by atoms with Crippen LogP contribution in [0, 0.1) is 17.8 Å². The van der Waals surface area contributed by atoms with Gasteiger partial charge in [-0.25, -0.2) is 19.7 Å². The quantitative estimate of drug-likeness (QED) is 0.285. The zero-order chi connectivity index (χ0) is 32.6.